The van der Waals surface area contributed by atoms with Gasteiger partial charge in [-0.05, 0) is 26.1 Å². The van der Waals surface area contributed by atoms with Crippen molar-refractivity contribution in [2.45, 2.75) is 44.6 Å². The smallest absolute Gasteiger partial charge is 0.0599 e. The van der Waals surface area contributed by atoms with Gasteiger partial charge in [-0.25, -0.2) is 0 Å². The van der Waals surface area contributed by atoms with Crippen molar-refractivity contribution in [3.63, 3.8) is 0 Å². The predicted molar refractivity (Wildman–Crippen MR) is 55.0 cm³/mol. The number of aliphatic hydroxyl groups is 1. The lowest BCUT2D eigenvalue weighted by Gasteiger charge is -2.40. The monoisotopic (exact) mass is 187 g/mol. The summed E-state index contributed by atoms with van der Waals surface area (Å²) in [5.74, 6) is 0. The van der Waals surface area contributed by atoms with Crippen LogP contribution in [0.3, 0.4) is 0 Å². The second-order valence-corrected chi connectivity index (χ2v) is 10.7. The van der Waals surface area contributed by atoms with Gasteiger partial charge in [-0.15, -0.1) is 0 Å². The summed E-state index contributed by atoms with van der Waals surface area (Å²) in [7, 11) is 1.25. The molecule has 0 unspecified atom stereocenters. The molecule has 0 heterocycles. The lowest BCUT2D eigenvalue weighted by Crippen LogP contribution is -2.50. The first-order valence-electron chi connectivity index (χ1n) is 4.77. The average molecular weight is 187 g/mol. The summed E-state index contributed by atoms with van der Waals surface area (Å²) in [6, 6.07) is 0.659. The van der Waals surface area contributed by atoms with E-state index in [2.05, 4.69) is 31.6 Å². The van der Waals surface area contributed by atoms with Gasteiger partial charge in [-0.1, -0.05) is 19.6 Å². The van der Waals surface area contributed by atoms with Crippen LogP contribution < -0.4 is 0 Å². The Bertz CT molecular complexity index is 149. The molecule has 0 spiro atoms. The standard InChI is InChI=1S/C9H21NOSi/c1-10(7-12(2,3)4)8-5-9(11)6-8/h8-9,11H,5-7H2,1-4H3. The highest BCUT2D eigenvalue weighted by Crippen LogP contribution is 2.25. The fraction of sp³-hybridized carbons (Fsp3) is 1.00. The van der Waals surface area contributed by atoms with Gasteiger partial charge >= 0.3 is 0 Å². The molecule has 0 radical (unpaired) electrons. The van der Waals surface area contributed by atoms with E-state index >= 15 is 0 Å². The maximum absolute atomic E-state index is 9.15. The first kappa shape index (κ1) is 10.2. The molecule has 0 aromatic carbocycles. The van der Waals surface area contributed by atoms with Gasteiger partial charge in [0, 0.05) is 6.04 Å². The molecular weight excluding hydrogens is 166 g/mol. The van der Waals surface area contributed by atoms with Crippen molar-refractivity contribution in [3.8, 4) is 0 Å². The largest absolute Gasteiger partial charge is 0.393 e. The van der Waals surface area contributed by atoms with Crippen molar-refractivity contribution in [1.29, 1.82) is 0 Å². The van der Waals surface area contributed by atoms with Gasteiger partial charge in [0.15, 0.2) is 0 Å². The first-order valence-corrected chi connectivity index (χ1v) is 8.47. The molecule has 72 valence electrons. The zero-order valence-corrected chi connectivity index (χ0v) is 9.67. The van der Waals surface area contributed by atoms with E-state index < -0.39 is 8.07 Å². The molecule has 12 heavy (non-hydrogen) atoms. The molecule has 1 aliphatic carbocycles. The predicted octanol–water partition coefficient (Wildman–Crippen LogP) is 1.32. The molecular formula is C9H21NOSi. The van der Waals surface area contributed by atoms with Gasteiger partial charge < -0.3 is 10.0 Å². The van der Waals surface area contributed by atoms with Gasteiger partial charge in [0.05, 0.1) is 14.2 Å². The van der Waals surface area contributed by atoms with Crippen molar-refractivity contribution in [3.05, 3.63) is 0 Å². The Morgan fingerprint density at radius 3 is 2.17 bits per heavy atom. The highest BCUT2D eigenvalue weighted by atomic mass is 28.3. The number of rotatable bonds is 3. The third-order valence-electron chi connectivity index (χ3n) is 2.44. The van der Waals surface area contributed by atoms with Crippen molar-refractivity contribution in [2.24, 2.45) is 0 Å². The van der Waals surface area contributed by atoms with Crippen LogP contribution in [0.5, 0.6) is 0 Å². The number of hydrogen-bond donors (Lipinski definition) is 1. The Morgan fingerprint density at radius 2 is 1.83 bits per heavy atom. The Morgan fingerprint density at radius 1 is 1.33 bits per heavy atom. The highest BCUT2D eigenvalue weighted by Gasteiger charge is 2.32. The molecule has 1 aliphatic rings. The lowest BCUT2D eigenvalue weighted by atomic mass is 9.89. The summed E-state index contributed by atoms with van der Waals surface area (Å²) >= 11 is 0. The van der Waals surface area contributed by atoms with Crippen molar-refractivity contribution >= 4 is 8.07 Å². The van der Waals surface area contributed by atoms with Crippen molar-refractivity contribution < 1.29 is 5.11 Å². The lowest BCUT2D eigenvalue weighted by molar-refractivity contribution is 0.0182. The summed E-state index contributed by atoms with van der Waals surface area (Å²) in [5, 5.41) is 9.15. The highest BCUT2D eigenvalue weighted by molar-refractivity contribution is 6.76. The van der Waals surface area contributed by atoms with Gasteiger partial charge in [0.2, 0.25) is 0 Å². The number of hydrogen-bond acceptors (Lipinski definition) is 2. The van der Waals surface area contributed by atoms with E-state index in [0.29, 0.717) is 6.04 Å². The number of nitrogens with zero attached hydrogens (tertiary/aromatic N) is 1. The zero-order chi connectivity index (χ0) is 9.35. The molecule has 0 amide bonds. The van der Waals surface area contributed by atoms with Gasteiger partial charge in [-0.3, -0.25) is 0 Å². The van der Waals surface area contributed by atoms with Crippen LogP contribution in [0.2, 0.25) is 19.6 Å². The van der Waals surface area contributed by atoms with Crippen LogP contribution in [0, 0.1) is 0 Å². The SMILES string of the molecule is CN(C[Si](C)(C)C)C1CC(O)C1. The fourth-order valence-corrected chi connectivity index (χ4v) is 3.55. The average Bonchev–Trinajstić information content (AvgIpc) is 1.76. The van der Waals surface area contributed by atoms with Gasteiger partial charge in [-0.2, -0.15) is 0 Å². The van der Waals surface area contributed by atoms with Gasteiger partial charge in [0.1, 0.15) is 0 Å². The molecule has 0 aliphatic heterocycles. The number of aliphatic hydroxyl groups excluding tert-OH is 1. The maximum atomic E-state index is 9.15. The molecule has 0 atom stereocenters. The second kappa shape index (κ2) is 3.48. The minimum absolute atomic E-state index is 0.0147. The first-order chi connectivity index (χ1) is 5.38. The molecule has 1 rings (SSSR count). The minimum atomic E-state index is -0.943. The van der Waals surface area contributed by atoms with E-state index in [1.165, 1.54) is 6.17 Å². The molecule has 0 saturated heterocycles. The minimum Gasteiger partial charge on any atom is -0.393 e. The summed E-state index contributed by atoms with van der Waals surface area (Å²) in [5.41, 5.74) is 0. The van der Waals surface area contributed by atoms with Crippen molar-refractivity contribution in [1.82, 2.24) is 4.90 Å². The third kappa shape index (κ3) is 2.88. The molecule has 0 aromatic rings. The van der Waals surface area contributed by atoms with Crippen LogP contribution in [0.25, 0.3) is 0 Å². The molecule has 1 N–H and O–H groups in total. The van der Waals surface area contributed by atoms with Crippen LogP contribution in [-0.4, -0.2) is 43.4 Å². The van der Waals surface area contributed by atoms with E-state index in [-0.39, 0.29) is 6.10 Å². The summed E-state index contributed by atoms with van der Waals surface area (Å²) < 4.78 is 0. The van der Waals surface area contributed by atoms with Crippen LogP contribution in [-0.2, 0) is 0 Å². The topological polar surface area (TPSA) is 23.5 Å². The zero-order valence-electron chi connectivity index (χ0n) is 8.67. The summed E-state index contributed by atoms with van der Waals surface area (Å²) in [6.45, 7) is 7.16. The van der Waals surface area contributed by atoms with E-state index in [9.17, 15) is 0 Å². The van der Waals surface area contributed by atoms with E-state index in [1.807, 2.05) is 0 Å². The Labute approximate surface area is 76.6 Å². The fourth-order valence-electron chi connectivity index (χ4n) is 1.80. The van der Waals surface area contributed by atoms with Gasteiger partial charge in [0.25, 0.3) is 0 Å². The molecule has 1 fully saturated rings. The van der Waals surface area contributed by atoms with Crippen molar-refractivity contribution in [2.75, 3.05) is 13.2 Å². The maximum Gasteiger partial charge on any atom is 0.0599 e. The Balaban J connectivity index is 2.25. The second-order valence-electron chi connectivity index (χ2n) is 5.25. The third-order valence-corrected chi connectivity index (χ3v) is 3.88. The van der Waals surface area contributed by atoms with Crippen LogP contribution in [0.4, 0.5) is 0 Å². The van der Waals surface area contributed by atoms with Crippen LogP contribution >= 0.6 is 0 Å². The summed E-state index contributed by atoms with van der Waals surface area (Å²) in [4.78, 5) is 2.43. The molecule has 0 aromatic heterocycles. The van der Waals surface area contributed by atoms with Crippen LogP contribution in [0.15, 0.2) is 0 Å². The Hall–Kier alpha value is 0.137. The molecule has 2 nitrogen and oxygen atoms in total. The Kier molecular flexibility index (Phi) is 2.96. The molecule has 1 saturated carbocycles. The molecule has 0 bridgehead atoms. The quantitative estimate of drug-likeness (QED) is 0.674. The van der Waals surface area contributed by atoms with E-state index in [0.717, 1.165) is 12.8 Å². The van der Waals surface area contributed by atoms with E-state index in [1.54, 1.807) is 0 Å². The van der Waals surface area contributed by atoms with Crippen LogP contribution in [0.1, 0.15) is 12.8 Å². The summed E-state index contributed by atoms with van der Waals surface area (Å²) in [6.07, 6.45) is 3.21. The normalized spacial score (nSPS) is 30.5. The molecule has 3 heteroatoms. The van der Waals surface area contributed by atoms with E-state index in [4.69, 9.17) is 5.11 Å².